The first-order valence-electron chi connectivity index (χ1n) is 5.76. The van der Waals surface area contributed by atoms with E-state index in [-0.39, 0.29) is 5.69 Å². The Kier molecular flexibility index (Phi) is 3.70. The second-order valence-corrected chi connectivity index (χ2v) is 5.95. The van der Waals surface area contributed by atoms with Crippen molar-refractivity contribution >= 4 is 28.8 Å². The quantitative estimate of drug-likeness (QED) is 0.586. The minimum Gasteiger partial charge on any atom is -0.419 e. The normalized spacial score (nSPS) is 10.8. The third-order valence-electron chi connectivity index (χ3n) is 2.53. The largest absolute Gasteiger partial charge is 0.419 e. The second kappa shape index (κ2) is 5.64. The van der Waals surface area contributed by atoms with Crippen molar-refractivity contribution in [1.29, 1.82) is 0 Å². The van der Waals surface area contributed by atoms with E-state index in [1.165, 1.54) is 17.8 Å². The lowest BCUT2D eigenvalue weighted by Crippen LogP contribution is -1.90. The maximum atomic E-state index is 13.3. The van der Waals surface area contributed by atoms with Crippen LogP contribution in [0.3, 0.4) is 0 Å². The zero-order valence-electron chi connectivity index (χ0n) is 10.2. The topological polar surface area (TPSA) is 64.9 Å². The fourth-order valence-corrected chi connectivity index (χ4v) is 2.96. The van der Waals surface area contributed by atoms with Gasteiger partial charge in [0.1, 0.15) is 5.82 Å². The summed E-state index contributed by atoms with van der Waals surface area (Å²) in [5.74, 6) is 1.09. The predicted molar refractivity (Wildman–Crippen MR) is 78.0 cm³/mol. The number of halogens is 1. The van der Waals surface area contributed by atoms with E-state index >= 15 is 0 Å². The average molecular weight is 307 g/mol. The van der Waals surface area contributed by atoms with Gasteiger partial charge >= 0.3 is 0 Å². The van der Waals surface area contributed by atoms with E-state index in [0.717, 1.165) is 9.77 Å². The minimum atomic E-state index is -0.417. The van der Waals surface area contributed by atoms with Crippen molar-refractivity contribution in [3.63, 3.8) is 0 Å². The lowest BCUT2D eigenvalue weighted by molar-refractivity contribution is 0.529. The predicted octanol–water partition coefficient (Wildman–Crippen LogP) is 3.81. The van der Waals surface area contributed by atoms with Gasteiger partial charge in [-0.05, 0) is 29.6 Å². The summed E-state index contributed by atoms with van der Waals surface area (Å²) < 4.78 is 18.9. The van der Waals surface area contributed by atoms with E-state index < -0.39 is 5.82 Å². The van der Waals surface area contributed by atoms with Crippen LogP contribution in [0.4, 0.5) is 10.1 Å². The Hall–Kier alpha value is -1.86. The van der Waals surface area contributed by atoms with E-state index in [4.69, 9.17) is 10.2 Å². The van der Waals surface area contributed by atoms with Crippen molar-refractivity contribution in [3.8, 4) is 10.8 Å². The van der Waals surface area contributed by atoms with Gasteiger partial charge in [0.05, 0.1) is 16.3 Å². The summed E-state index contributed by atoms with van der Waals surface area (Å²) in [6.07, 6.45) is 0. The molecular formula is C13H10FN3OS2. The maximum Gasteiger partial charge on any atom is 0.257 e. The molecule has 0 aliphatic rings. The highest BCUT2D eigenvalue weighted by molar-refractivity contribution is 7.98. The van der Waals surface area contributed by atoms with Crippen molar-refractivity contribution in [2.45, 2.75) is 10.6 Å². The molecule has 0 aliphatic heterocycles. The van der Waals surface area contributed by atoms with Gasteiger partial charge in [0.2, 0.25) is 5.89 Å². The summed E-state index contributed by atoms with van der Waals surface area (Å²) in [5.41, 5.74) is 5.58. The zero-order chi connectivity index (χ0) is 13.9. The zero-order valence-corrected chi connectivity index (χ0v) is 11.9. The van der Waals surface area contributed by atoms with Crippen LogP contribution in [0.15, 0.2) is 45.0 Å². The van der Waals surface area contributed by atoms with Crippen molar-refractivity contribution in [2.24, 2.45) is 0 Å². The molecule has 0 radical (unpaired) electrons. The van der Waals surface area contributed by atoms with E-state index in [9.17, 15) is 4.39 Å². The van der Waals surface area contributed by atoms with Gasteiger partial charge in [-0.2, -0.15) is 0 Å². The van der Waals surface area contributed by atoms with Crippen LogP contribution in [0.25, 0.3) is 10.8 Å². The smallest absolute Gasteiger partial charge is 0.257 e. The Labute approximate surface area is 122 Å². The van der Waals surface area contributed by atoms with Crippen molar-refractivity contribution in [1.82, 2.24) is 10.2 Å². The lowest BCUT2D eigenvalue weighted by Gasteiger charge is -2.00. The molecule has 2 N–H and O–H groups in total. The van der Waals surface area contributed by atoms with Gasteiger partial charge in [0.15, 0.2) is 0 Å². The molecule has 0 spiro atoms. The van der Waals surface area contributed by atoms with Crippen molar-refractivity contribution in [3.05, 3.63) is 47.4 Å². The van der Waals surface area contributed by atoms with E-state index in [2.05, 4.69) is 10.2 Å². The maximum absolute atomic E-state index is 13.3. The summed E-state index contributed by atoms with van der Waals surface area (Å²) in [6.45, 7) is 0. The molecule has 20 heavy (non-hydrogen) atoms. The second-order valence-electron chi connectivity index (χ2n) is 3.95. The molecule has 0 atom stereocenters. The average Bonchev–Trinajstić information content (AvgIpc) is 3.09. The highest BCUT2D eigenvalue weighted by Gasteiger charge is 2.10. The van der Waals surface area contributed by atoms with Gasteiger partial charge in [0, 0.05) is 4.90 Å². The molecule has 0 aliphatic carbocycles. The van der Waals surface area contributed by atoms with E-state index in [1.807, 2.05) is 17.5 Å². The van der Waals surface area contributed by atoms with E-state index in [1.54, 1.807) is 23.5 Å². The Morgan fingerprint density at radius 2 is 2.20 bits per heavy atom. The molecule has 0 fully saturated rings. The van der Waals surface area contributed by atoms with Crippen LogP contribution in [0, 0.1) is 5.82 Å². The summed E-state index contributed by atoms with van der Waals surface area (Å²) in [5, 5.41) is 9.92. The molecule has 7 heteroatoms. The van der Waals surface area contributed by atoms with Gasteiger partial charge in [-0.25, -0.2) is 4.39 Å². The highest BCUT2D eigenvalue weighted by atomic mass is 32.2. The summed E-state index contributed by atoms with van der Waals surface area (Å²) in [4.78, 5) is 1.71. The van der Waals surface area contributed by atoms with Gasteiger partial charge in [-0.15, -0.1) is 33.3 Å². The van der Waals surface area contributed by atoms with Crippen LogP contribution in [-0.4, -0.2) is 10.2 Å². The molecule has 0 unspecified atom stereocenters. The van der Waals surface area contributed by atoms with Gasteiger partial charge in [-0.1, -0.05) is 6.07 Å². The van der Waals surface area contributed by atoms with Gasteiger partial charge in [0.25, 0.3) is 5.89 Å². The Morgan fingerprint density at radius 3 is 2.95 bits per heavy atom. The first-order valence-corrected chi connectivity index (χ1v) is 7.63. The SMILES string of the molecule is Nc1ccc(SCc2nnc(-c3cccs3)o2)cc1F. The fraction of sp³-hybridized carbons (Fsp3) is 0.0769. The third kappa shape index (κ3) is 2.83. The fourth-order valence-electron chi connectivity index (χ4n) is 1.55. The number of benzene rings is 1. The number of hydrogen-bond donors (Lipinski definition) is 1. The molecule has 0 saturated carbocycles. The Balaban J connectivity index is 1.68. The lowest BCUT2D eigenvalue weighted by atomic mass is 10.3. The Bertz CT molecular complexity index is 712. The molecule has 1 aromatic carbocycles. The van der Waals surface area contributed by atoms with Crippen molar-refractivity contribution < 1.29 is 8.81 Å². The number of thioether (sulfide) groups is 1. The van der Waals surface area contributed by atoms with Gasteiger partial charge in [-0.3, -0.25) is 0 Å². The first-order chi connectivity index (χ1) is 9.72. The van der Waals surface area contributed by atoms with E-state index in [0.29, 0.717) is 17.5 Å². The molecule has 2 aromatic heterocycles. The molecule has 4 nitrogen and oxygen atoms in total. The van der Waals surface area contributed by atoms with Crippen LogP contribution < -0.4 is 5.73 Å². The number of hydrogen-bond acceptors (Lipinski definition) is 6. The van der Waals surface area contributed by atoms with Gasteiger partial charge < -0.3 is 10.2 Å². The number of rotatable bonds is 4. The monoisotopic (exact) mass is 307 g/mol. The third-order valence-corrected chi connectivity index (χ3v) is 4.37. The standard InChI is InChI=1S/C13H10FN3OS2/c14-9-6-8(3-4-10(9)15)20-7-12-16-17-13(18-12)11-2-1-5-19-11/h1-6H,7,15H2. The molecule has 2 heterocycles. The highest BCUT2D eigenvalue weighted by Crippen LogP contribution is 2.27. The number of nitrogen functional groups attached to an aromatic ring is 1. The number of aromatic nitrogens is 2. The number of anilines is 1. The van der Waals surface area contributed by atoms with Crippen LogP contribution in [0.2, 0.25) is 0 Å². The van der Waals surface area contributed by atoms with Crippen LogP contribution in [-0.2, 0) is 5.75 Å². The number of nitrogens with two attached hydrogens (primary N) is 1. The molecule has 3 rings (SSSR count). The molecule has 3 aromatic rings. The molecular weight excluding hydrogens is 297 g/mol. The summed E-state index contributed by atoms with van der Waals surface area (Å²) in [7, 11) is 0. The molecule has 102 valence electrons. The summed E-state index contributed by atoms with van der Waals surface area (Å²) in [6, 6.07) is 8.55. The molecule has 0 saturated heterocycles. The van der Waals surface area contributed by atoms with Crippen molar-refractivity contribution in [2.75, 3.05) is 5.73 Å². The minimum absolute atomic E-state index is 0.145. The summed E-state index contributed by atoms with van der Waals surface area (Å²) >= 11 is 2.96. The van der Waals surface area contributed by atoms with Crippen LogP contribution >= 0.6 is 23.1 Å². The number of nitrogens with zero attached hydrogens (tertiary/aromatic N) is 2. The van der Waals surface area contributed by atoms with Crippen LogP contribution in [0.5, 0.6) is 0 Å². The Morgan fingerprint density at radius 1 is 1.30 bits per heavy atom. The molecule has 0 amide bonds. The molecule has 0 bridgehead atoms. The van der Waals surface area contributed by atoms with Crippen LogP contribution in [0.1, 0.15) is 5.89 Å². The first kappa shape index (κ1) is 13.1. The number of thiophene rings is 1.